The van der Waals surface area contributed by atoms with Crippen molar-refractivity contribution in [2.45, 2.75) is 59.7 Å². The number of aryl methyl sites for hydroxylation is 2. The Bertz CT molecular complexity index is 1440. The summed E-state index contributed by atoms with van der Waals surface area (Å²) in [6.07, 6.45) is 2.06. The molecular weight excluding hydrogens is 422 g/mol. The van der Waals surface area contributed by atoms with Crippen molar-refractivity contribution < 1.29 is 14.3 Å². The number of ketones is 1. The van der Waals surface area contributed by atoms with Gasteiger partial charge < -0.3 is 9.47 Å². The number of nitrogens with zero attached hydrogens (tertiary/aromatic N) is 1. The molecule has 1 aromatic heterocycles. The van der Waals surface area contributed by atoms with Crippen LogP contribution in [0.25, 0.3) is 32.8 Å². The van der Waals surface area contributed by atoms with Crippen molar-refractivity contribution in [2.24, 2.45) is 0 Å². The lowest BCUT2D eigenvalue weighted by atomic mass is 9.84. The van der Waals surface area contributed by atoms with E-state index in [1.165, 1.54) is 16.5 Å². The van der Waals surface area contributed by atoms with Gasteiger partial charge in [-0.25, -0.2) is 0 Å². The largest absolute Gasteiger partial charge is 0.493 e. The van der Waals surface area contributed by atoms with Gasteiger partial charge in [0, 0.05) is 23.6 Å². The van der Waals surface area contributed by atoms with Crippen molar-refractivity contribution in [3.8, 4) is 16.9 Å². The second-order valence-electron chi connectivity index (χ2n) is 10.3. The number of ether oxygens (including phenoxy) is 2. The zero-order valence-corrected chi connectivity index (χ0v) is 20.8. The first kappa shape index (κ1) is 22.5. The summed E-state index contributed by atoms with van der Waals surface area (Å²) in [5.41, 5.74) is 6.85. The van der Waals surface area contributed by atoms with E-state index in [9.17, 15) is 4.79 Å². The first-order valence-electron chi connectivity index (χ1n) is 11.9. The van der Waals surface area contributed by atoms with Crippen LogP contribution in [0.1, 0.15) is 56.1 Å². The highest BCUT2D eigenvalue weighted by Crippen LogP contribution is 2.45. The van der Waals surface area contributed by atoms with E-state index in [-0.39, 0.29) is 5.78 Å². The number of aromatic nitrogens is 1. The number of Topliss-reactive ketones (excluding diaryl/α,β-unsaturated/α-hetero) is 1. The molecule has 34 heavy (non-hydrogen) atoms. The van der Waals surface area contributed by atoms with Crippen LogP contribution in [0.15, 0.2) is 48.7 Å². The van der Waals surface area contributed by atoms with Gasteiger partial charge in [-0.1, -0.05) is 24.3 Å². The van der Waals surface area contributed by atoms with Crippen LogP contribution in [-0.2, 0) is 16.0 Å². The lowest BCUT2D eigenvalue weighted by Gasteiger charge is -2.30. The van der Waals surface area contributed by atoms with Gasteiger partial charge in [0.2, 0.25) is 0 Å². The molecule has 5 rings (SSSR count). The van der Waals surface area contributed by atoms with Gasteiger partial charge in [-0.2, -0.15) is 0 Å². The maximum Gasteiger partial charge on any atom is 0.163 e. The molecule has 1 aliphatic rings. The van der Waals surface area contributed by atoms with E-state index >= 15 is 0 Å². The summed E-state index contributed by atoms with van der Waals surface area (Å²) in [7, 11) is 0. The van der Waals surface area contributed by atoms with Gasteiger partial charge >= 0.3 is 0 Å². The number of hydrogen-bond donors (Lipinski definition) is 0. The molecule has 1 aliphatic heterocycles. The first-order chi connectivity index (χ1) is 16.2. The summed E-state index contributed by atoms with van der Waals surface area (Å²) < 4.78 is 12.4. The quantitative estimate of drug-likeness (QED) is 0.332. The minimum atomic E-state index is -0.679. The maximum atomic E-state index is 13.0. The fourth-order valence-corrected chi connectivity index (χ4v) is 5.16. The second-order valence-corrected chi connectivity index (χ2v) is 10.3. The van der Waals surface area contributed by atoms with Gasteiger partial charge in [0.15, 0.2) is 5.78 Å². The van der Waals surface area contributed by atoms with E-state index in [1.54, 1.807) is 6.92 Å². The topological polar surface area (TPSA) is 48.4 Å². The number of carbonyl (C=O) groups excluding carboxylic acids is 1. The van der Waals surface area contributed by atoms with Gasteiger partial charge in [-0.05, 0) is 98.3 Å². The van der Waals surface area contributed by atoms with E-state index in [1.807, 2.05) is 33.0 Å². The Morgan fingerprint density at radius 3 is 2.59 bits per heavy atom. The molecule has 0 fully saturated rings. The molecule has 4 heteroatoms. The Kier molecular flexibility index (Phi) is 5.44. The highest BCUT2D eigenvalue weighted by atomic mass is 16.5. The molecular formula is C30H31NO3. The molecule has 0 bridgehead atoms. The fraction of sp³-hybridized carbons (Fsp3) is 0.333. The maximum absolute atomic E-state index is 13.0. The summed E-state index contributed by atoms with van der Waals surface area (Å²) in [5, 5.41) is 3.34. The van der Waals surface area contributed by atoms with Crippen molar-refractivity contribution >= 4 is 27.5 Å². The first-order valence-corrected chi connectivity index (χ1v) is 11.9. The highest BCUT2D eigenvalue weighted by Gasteiger charge is 2.31. The molecule has 2 heterocycles. The zero-order chi connectivity index (χ0) is 24.2. The minimum absolute atomic E-state index is 0.00898. The number of fused-ring (bicyclic) bond motifs is 1. The van der Waals surface area contributed by atoms with Crippen LogP contribution in [0.3, 0.4) is 0 Å². The SMILES string of the molecule is CC(=O)C(OC(C)(C)C)c1c(C)cc2c(C)cccc2c1-c1ccc2c3c(ccnc13)CCO2. The minimum Gasteiger partial charge on any atom is -0.493 e. The van der Waals surface area contributed by atoms with Gasteiger partial charge in [0.25, 0.3) is 0 Å². The summed E-state index contributed by atoms with van der Waals surface area (Å²) in [6, 6.07) is 14.8. The number of pyridine rings is 1. The van der Waals surface area contributed by atoms with Gasteiger partial charge in [0.1, 0.15) is 11.9 Å². The third-order valence-corrected chi connectivity index (χ3v) is 6.59. The third-order valence-electron chi connectivity index (χ3n) is 6.59. The fourth-order valence-electron chi connectivity index (χ4n) is 5.16. The smallest absolute Gasteiger partial charge is 0.163 e. The Morgan fingerprint density at radius 1 is 1.06 bits per heavy atom. The lowest BCUT2D eigenvalue weighted by Crippen LogP contribution is -2.27. The lowest BCUT2D eigenvalue weighted by molar-refractivity contribution is -0.138. The Hall–Kier alpha value is -3.24. The van der Waals surface area contributed by atoms with Crippen molar-refractivity contribution in [3.63, 3.8) is 0 Å². The highest BCUT2D eigenvalue weighted by molar-refractivity contribution is 6.09. The van der Waals surface area contributed by atoms with Gasteiger partial charge in [-0.3, -0.25) is 9.78 Å². The number of carbonyl (C=O) groups is 1. The summed E-state index contributed by atoms with van der Waals surface area (Å²) in [5.74, 6) is 0.863. The van der Waals surface area contributed by atoms with Crippen molar-refractivity contribution in [3.05, 3.63) is 70.9 Å². The molecule has 1 unspecified atom stereocenters. The Balaban J connectivity index is 1.93. The Morgan fingerprint density at radius 2 is 1.85 bits per heavy atom. The predicted octanol–water partition coefficient (Wildman–Crippen LogP) is 7.05. The third kappa shape index (κ3) is 3.76. The molecule has 1 atom stereocenters. The van der Waals surface area contributed by atoms with Crippen molar-refractivity contribution in [1.29, 1.82) is 0 Å². The molecule has 3 aromatic carbocycles. The molecule has 0 aliphatic carbocycles. The van der Waals surface area contributed by atoms with Gasteiger partial charge in [-0.15, -0.1) is 0 Å². The monoisotopic (exact) mass is 453 g/mol. The van der Waals surface area contributed by atoms with Crippen LogP contribution >= 0.6 is 0 Å². The molecule has 4 aromatic rings. The van der Waals surface area contributed by atoms with E-state index in [0.29, 0.717) is 6.61 Å². The van der Waals surface area contributed by atoms with Crippen LogP contribution in [0.5, 0.6) is 5.75 Å². The van der Waals surface area contributed by atoms with Crippen LogP contribution in [0.4, 0.5) is 0 Å². The van der Waals surface area contributed by atoms with E-state index < -0.39 is 11.7 Å². The molecule has 0 saturated heterocycles. The molecule has 0 amide bonds. The van der Waals surface area contributed by atoms with Crippen LogP contribution in [0.2, 0.25) is 0 Å². The predicted molar refractivity (Wildman–Crippen MR) is 138 cm³/mol. The van der Waals surface area contributed by atoms with Crippen molar-refractivity contribution in [2.75, 3.05) is 6.61 Å². The number of benzene rings is 3. The van der Waals surface area contributed by atoms with E-state index in [4.69, 9.17) is 14.5 Å². The molecule has 174 valence electrons. The average Bonchev–Trinajstić information content (AvgIpc) is 2.78. The molecule has 0 radical (unpaired) electrons. The Labute approximate surface area is 200 Å². The van der Waals surface area contributed by atoms with Gasteiger partial charge in [0.05, 0.1) is 17.7 Å². The number of rotatable bonds is 4. The molecule has 0 spiro atoms. The average molecular weight is 454 g/mol. The summed E-state index contributed by atoms with van der Waals surface area (Å²) in [6.45, 7) is 12.5. The standard InChI is InChI=1S/C30H31NO3/c1-17-8-7-9-21-23(17)16-18(2)25(29(19(3)32)34-30(4,5)6)27(21)22-10-11-24-26-20(13-15-33-24)12-14-31-28(22)26/h7-12,14,16,29H,13,15H2,1-6H3. The molecule has 4 nitrogen and oxygen atoms in total. The van der Waals surface area contributed by atoms with Crippen LogP contribution < -0.4 is 4.74 Å². The summed E-state index contributed by atoms with van der Waals surface area (Å²) in [4.78, 5) is 17.9. The normalized spacial score (nSPS) is 14.3. The number of hydrogen-bond acceptors (Lipinski definition) is 4. The molecule has 0 saturated carbocycles. The van der Waals surface area contributed by atoms with Crippen LogP contribution in [-0.4, -0.2) is 23.0 Å². The summed E-state index contributed by atoms with van der Waals surface area (Å²) >= 11 is 0. The van der Waals surface area contributed by atoms with E-state index in [0.717, 1.165) is 50.7 Å². The second kappa shape index (κ2) is 8.21. The van der Waals surface area contributed by atoms with Crippen LogP contribution in [0, 0.1) is 13.8 Å². The van der Waals surface area contributed by atoms with Crippen molar-refractivity contribution in [1.82, 2.24) is 4.98 Å². The zero-order valence-electron chi connectivity index (χ0n) is 20.8. The molecule has 0 N–H and O–H groups in total. The van der Waals surface area contributed by atoms with E-state index in [2.05, 4.69) is 50.2 Å².